The number of carbonyl (C=O) groups is 1. The molecule has 0 aliphatic carbocycles. The Morgan fingerprint density at radius 2 is 2.20 bits per heavy atom. The number of carbonyl (C=O) groups excluding carboxylic acids is 1. The molecule has 0 N–H and O–H groups in total. The lowest BCUT2D eigenvalue weighted by molar-refractivity contribution is -0.140. The van der Waals surface area contributed by atoms with Crippen LogP contribution in [-0.4, -0.2) is 17.2 Å². The summed E-state index contributed by atoms with van der Waals surface area (Å²) in [5.74, 6) is -0.123. The van der Waals surface area contributed by atoms with E-state index >= 15 is 0 Å². The Labute approximate surface area is 68.4 Å². The average molecular weight is 176 g/mol. The third-order valence-electron chi connectivity index (χ3n) is 0.939. The Morgan fingerprint density at radius 3 is 2.70 bits per heavy atom. The van der Waals surface area contributed by atoms with Crippen molar-refractivity contribution in [1.29, 1.82) is 0 Å². The van der Waals surface area contributed by atoms with Crippen LogP contribution in [0, 0.1) is 0 Å². The maximum atomic E-state index is 10.9. The zero-order chi connectivity index (χ0) is 7.40. The molecule has 2 nitrogen and oxygen atoms in total. The summed E-state index contributed by atoms with van der Waals surface area (Å²) in [4.78, 5) is 10.9. The first-order valence-corrected chi connectivity index (χ1v) is 4.85. The maximum Gasteiger partial charge on any atom is 0.330 e. The largest absolute Gasteiger partial charge is 0.465 e. The van der Waals surface area contributed by atoms with Gasteiger partial charge in [0.05, 0.1) is 6.61 Å². The molecule has 0 unspecified atom stereocenters. The molecule has 1 heterocycles. The van der Waals surface area contributed by atoms with Gasteiger partial charge in [-0.3, -0.25) is 0 Å². The van der Waals surface area contributed by atoms with Gasteiger partial charge in [-0.2, -0.15) is 0 Å². The Bertz CT molecular complexity index is 148. The standard InChI is InChI=1S/C6H8O2S2/c1-2-8-5(7)6-9-3-4-10-6/h3-4,6H,2H2,1H3. The molecule has 0 amide bonds. The Hall–Kier alpha value is -0.0900. The van der Waals surface area contributed by atoms with Crippen LogP contribution in [0.3, 0.4) is 0 Å². The molecular weight excluding hydrogens is 168 g/mol. The van der Waals surface area contributed by atoms with Crippen molar-refractivity contribution in [3.63, 3.8) is 0 Å². The number of hydrogen-bond acceptors (Lipinski definition) is 4. The van der Waals surface area contributed by atoms with Crippen molar-refractivity contribution in [3.8, 4) is 0 Å². The summed E-state index contributed by atoms with van der Waals surface area (Å²) in [6.07, 6.45) is 0. The molecule has 0 aromatic heterocycles. The van der Waals surface area contributed by atoms with Crippen molar-refractivity contribution in [2.75, 3.05) is 6.61 Å². The first-order valence-electron chi connectivity index (χ1n) is 2.97. The van der Waals surface area contributed by atoms with E-state index in [0.29, 0.717) is 6.61 Å². The van der Waals surface area contributed by atoms with E-state index in [1.54, 1.807) is 0 Å². The molecule has 0 radical (unpaired) electrons. The second kappa shape index (κ2) is 3.93. The molecular formula is C6H8O2S2. The maximum absolute atomic E-state index is 10.9. The summed E-state index contributed by atoms with van der Waals surface area (Å²) in [5.41, 5.74) is 0. The zero-order valence-corrected chi connectivity index (χ0v) is 7.21. The van der Waals surface area contributed by atoms with Gasteiger partial charge in [0.15, 0.2) is 4.58 Å². The Morgan fingerprint density at radius 1 is 1.60 bits per heavy atom. The number of hydrogen-bond donors (Lipinski definition) is 0. The van der Waals surface area contributed by atoms with Crippen molar-refractivity contribution < 1.29 is 9.53 Å². The fraction of sp³-hybridized carbons (Fsp3) is 0.500. The van der Waals surface area contributed by atoms with Crippen molar-refractivity contribution in [1.82, 2.24) is 0 Å². The van der Waals surface area contributed by atoms with E-state index in [-0.39, 0.29) is 10.6 Å². The molecule has 0 aromatic carbocycles. The van der Waals surface area contributed by atoms with Gasteiger partial charge in [-0.25, -0.2) is 4.79 Å². The summed E-state index contributed by atoms with van der Waals surface area (Å²) >= 11 is 3.00. The zero-order valence-electron chi connectivity index (χ0n) is 5.57. The monoisotopic (exact) mass is 176 g/mol. The minimum atomic E-state index is -0.123. The fourth-order valence-corrected chi connectivity index (χ4v) is 2.36. The first-order chi connectivity index (χ1) is 4.84. The molecule has 0 saturated heterocycles. The van der Waals surface area contributed by atoms with Gasteiger partial charge in [-0.05, 0) is 17.7 Å². The van der Waals surface area contributed by atoms with Crippen molar-refractivity contribution >= 4 is 29.5 Å². The van der Waals surface area contributed by atoms with Crippen LogP contribution in [0.2, 0.25) is 0 Å². The predicted octanol–water partition coefficient (Wildman–Crippen LogP) is 1.83. The second-order valence-electron chi connectivity index (χ2n) is 1.63. The van der Waals surface area contributed by atoms with Crippen LogP contribution >= 0.6 is 23.5 Å². The van der Waals surface area contributed by atoms with Crippen molar-refractivity contribution in [2.45, 2.75) is 11.5 Å². The van der Waals surface area contributed by atoms with E-state index in [1.165, 1.54) is 23.5 Å². The Kier molecular flexibility index (Phi) is 3.15. The Balaban J connectivity index is 2.28. The van der Waals surface area contributed by atoms with Gasteiger partial charge in [0.1, 0.15) is 0 Å². The number of ether oxygens (including phenoxy) is 1. The summed E-state index contributed by atoms with van der Waals surface area (Å²) in [6, 6.07) is 0. The quantitative estimate of drug-likeness (QED) is 0.600. The van der Waals surface area contributed by atoms with Gasteiger partial charge < -0.3 is 4.74 Å². The van der Waals surface area contributed by atoms with Crippen LogP contribution in [-0.2, 0) is 9.53 Å². The van der Waals surface area contributed by atoms with Crippen LogP contribution in [0.15, 0.2) is 10.8 Å². The minimum Gasteiger partial charge on any atom is -0.465 e. The van der Waals surface area contributed by atoms with Gasteiger partial charge in [-0.15, -0.1) is 23.5 Å². The lowest BCUT2D eigenvalue weighted by atomic mass is 10.7. The second-order valence-corrected chi connectivity index (χ2v) is 3.96. The normalized spacial score (nSPS) is 17.7. The van der Waals surface area contributed by atoms with E-state index in [0.717, 1.165) is 0 Å². The molecule has 10 heavy (non-hydrogen) atoms. The van der Waals surface area contributed by atoms with Crippen LogP contribution in [0.1, 0.15) is 6.92 Å². The smallest absolute Gasteiger partial charge is 0.330 e. The highest BCUT2D eigenvalue weighted by molar-refractivity contribution is 8.23. The molecule has 0 saturated carbocycles. The molecule has 1 aliphatic rings. The molecule has 0 aromatic rings. The van der Waals surface area contributed by atoms with Gasteiger partial charge in [-0.1, -0.05) is 0 Å². The topological polar surface area (TPSA) is 26.3 Å². The summed E-state index contributed by atoms with van der Waals surface area (Å²) in [7, 11) is 0. The first kappa shape index (κ1) is 8.01. The lowest BCUT2D eigenvalue weighted by Crippen LogP contribution is -2.14. The highest BCUT2D eigenvalue weighted by Crippen LogP contribution is 2.33. The van der Waals surface area contributed by atoms with Crippen LogP contribution in [0.25, 0.3) is 0 Å². The van der Waals surface area contributed by atoms with Crippen LogP contribution in [0.4, 0.5) is 0 Å². The molecule has 56 valence electrons. The van der Waals surface area contributed by atoms with E-state index in [2.05, 4.69) is 0 Å². The van der Waals surface area contributed by atoms with E-state index in [4.69, 9.17) is 4.74 Å². The van der Waals surface area contributed by atoms with Crippen molar-refractivity contribution in [3.05, 3.63) is 10.8 Å². The van der Waals surface area contributed by atoms with E-state index < -0.39 is 0 Å². The van der Waals surface area contributed by atoms with Crippen LogP contribution < -0.4 is 0 Å². The molecule has 0 atom stereocenters. The predicted molar refractivity (Wildman–Crippen MR) is 44.7 cm³/mol. The van der Waals surface area contributed by atoms with Crippen LogP contribution in [0.5, 0.6) is 0 Å². The molecule has 0 bridgehead atoms. The molecule has 0 spiro atoms. The van der Waals surface area contributed by atoms with Gasteiger partial charge in [0, 0.05) is 0 Å². The van der Waals surface area contributed by atoms with Gasteiger partial charge in [0.25, 0.3) is 0 Å². The average Bonchev–Trinajstić information content (AvgIpc) is 2.38. The molecule has 1 aliphatic heterocycles. The highest BCUT2D eigenvalue weighted by Gasteiger charge is 2.21. The lowest BCUT2D eigenvalue weighted by Gasteiger charge is -2.05. The highest BCUT2D eigenvalue weighted by atomic mass is 32.2. The van der Waals surface area contributed by atoms with Crippen molar-refractivity contribution in [2.24, 2.45) is 0 Å². The number of thioether (sulfide) groups is 2. The summed E-state index contributed by atoms with van der Waals surface area (Å²) < 4.78 is 4.75. The molecule has 1 rings (SSSR count). The minimum absolute atomic E-state index is 0.0556. The fourth-order valence-electron chi connectivity index (χ4n) is 0.560. The third kappa shape index (κ3) is 1.95. The summed E-state index contributed by atoms with van der Waals surface area (Å²) in [6.45, 7) is 2.28. The van der Waals surface area contributed by atoms with Gasteiger partial charge >= 0.3 is 5.97 Å². The number of esters is 1. The third-order valence-corrected chi connectivity index (χ3v) is 3.24. The van der Waals surface area contributed by atoms with E-state index in [1.807, 2.05) is 17.7 Å². The SMILES string of the molecule is CCOC(=O)C1SC=CS1. The van der Waals surface area contributed by atoms with E-state index in [9.17, 15) is 4.79 Å². The number of rotatable bonds is 2. The molecule has 4 heteroatoms. The van der Waals surface area contributed by atoms with Gasteiger partial charge in [0.2, 0.25) is 0 Å². The molecule has 0 fully saturated rings. The summed E-state index contributed by atoms with van der Waals surface area (Å²) in [5, 5.41) is 3.82.